The first-order valence-corrected chi connectivity index (χ1v) is 6.30. The maximum absolute atomic E-state index is 10.7. The Morgan fingerprint density at radius 3 is 2.28 bits per heavy atom. The molecule has 0 aliphatic carbocycles. The fraction of sp³-hybridized carbons (Fsp3) is 0.429. The van der Waals surface area contributed by atoms with Gasteiger partial charge in [0.2, 0.25) is 5.91 Å². The van der Waals surface area contributed by atoms with Crippen LogP contribution < -0.4 is 5.48 Å². The Hall–Kier alpha value is -1.68. The molecule has 4 nitrogen and oxygen atoms in total. The van der Waals surface area contributed by atoms with Crippen LogP contribution >= 0.6 is 0 Å². The smallest absolute Gasteiger partial charge is 0.243 e. The molecule has 1 rings (SSSR count). The maximum Gasteiger partial charge on any atom is 0.243 e. The van der Waals surface area contributed by atoms with E-state index in [4.69, 9.17) is 10.6 Å². The third-order valence-corrected chi connectivity index (χ3v) is 2.83. The van der Waals surface area contributed by atoms with E-state index in [0.29, 0.717) is 12.1 Å². The molecule has 0 aliphatic rings. The minimum atomic E-state index is -0.327. The van der Waals surface area contributed by atoms with Crippen LogP contribution in [0.4, 0.5) is 0 Å². The second kappa shape index (κ2) is 8.42. The number of carbonyl (C=O) groups excluding carboxylic acids is 1. The van der Waals surface area contributed by atoms with Crippen molar-refractivity contribution in [1.29, 1.82) is 5.41 Å². The molecule has 4 heteroatoms. The summed E-state index contributed by atoms with van der Waals surface area (Å²) in [6.45, 7) is 0. The lowest BCUT2D eigenvalue weighted by atomic mass is 10.0. The zero-order valence-electron chi connectivity index (χ0n) is 10.5. The van der Waals surface area contributed by atoms with Gasteiger partial charge in [-0.1, -0.05) is 43.2 Å². The number of nitrogens with one attached hydrogen (secondary N) is 2. The van der Waals surface area contributed by atoms with Gasteiger partial charge in [0, 0.05) is 12.1 Å². The highest BCUT2D eigenvalue weighted by atomic mass is 16.5. The van der Waals surface area contributed by atoms with Crippen LogP contribution in [0.3, 0.4) is 0 Å². The van der Waals surface area contributed by atoms with Crippen LogP contribution in [-0.4, -0.2) is 16.8 Å². The second-order valence-corrected chi connectivity index (χ2v) is 4.29. The maximum atomic E-state index is 10.7. The molecule has 0 radical (unpaired) electrons. The minimum Gasteiger partial charge on any atom is -0.305 e. The first kappa shape index (κ1) is 14.4. The predicted molar refractivity (Wildman–Crippen MR) is 70.9 cm³/mol. The Morgan fingerprint density at radius 2 is 1.67 bits per heavy atom. The Morgan fingerprint density at radius 1 is 1.06 bits per heavy atom. The summed E-state index contributed by atoms with van der Waals surface area (Å²) in [5.41, 5.74) is 3.28. The number of unbranched alkanes of at least 4 members (excludes halogenated alkanes) is 3. The van der Waals surface area contributed by atoms with Crippen LogP contribution in [-0.2, 0) is 4.79 Å². The molecule has 0 aliphatic heterocycles. The van der Waals surface area contributed by atoms with Crippen LogP contribution in [0, 0.1) is 5.41 Å². The van der Waals surface area contributed by atoms with Gasteiger partial charge in [-0.05, 0) is 24.8 Å². The molecule has 0 bridgehead atoms. The van der Waals surface area contributed by atoms with Crippen LogP contribution in [0.1, 0.15) is 44.1 Å². The molecule has 0 heterocycles. The van der Waals surface area contributed by atoms with Crippen molar-refractivity contribution in [2.45, 2.75) is 38.5 Å². The van der Waals surface area contributed by atoms with Crippen LogP contribution in [0.15, 0.2) is 30.3 Å². The van der Waals surface area contributed by atoms with Gasteiger partial charge in [0.05, 0.1) is 0 Å². The van der Waals surface area contributed by atoms with Crippen molar-refractivity contribution in [2.75, 3.05) is 0 Å². The predicted octanol–water partition coefficient (Wildman–Crippen LogP) is 2.90. The molecule has 0 saturated carbocycles. The van der Waals surface area contributed by atoms with Crippen LogP contribution in [0.5, 0.6) is 0 Å². The molecule has 98 valence electrons. The van der Waals surface area contributed by atoms with Gasteiger partial charge >= 0.3 is 0 Å². The molecule has 0 fully saturated rings. The van der Waals surface area contributed by atoms with E-state index in [1.165, 1.54) is 0 Å². The number of hydroxylamine groups is 1. The van der Waals surface area contributed by atoms with Gasteiger partial charge in [0.25, 0.3) is 0 Å². The zero-order valence-corrected chi connectivity index (χ0v) is 10.5. The average Bonchev–Trinajstić information content (AvgIpc) is 2.43. The summed E-state index contributed by atoms with van der Waals surface area (Å²) in [5, 5.41) is 16.2. The number of carbonyl (C=O) groups is 1. The van der Waals surface area contributed by atoms with Crippen molar-refractivity contribution in [3.63, 3.8) is 0 Å². The summed E-state index contributed by atoms with van der Waals surface area (Å²) < 4.78 is 0. The highest BCUT2D eigenvalue weighted by molar-refractivity contribution is 5.98. The van der Waals surface area contributed by atoms with Gasteiger partial charge < -0.3 is 5.41 Å². The quantitative estimate of drug-likeness (QED) is 0.286. The van der Waals surface area contributed by atoms with Crippen molar-refractivity contribution < 1.29 is 10.0 Å². The molecule has 18 heavy (non-hydrogen) atoms. The minimum absolute atomic E-state index is 0.327. The lowest BCUT2D eigenvalue weighted by Gasteiger charge is -2.04. The van der Waals surface area contributed by atoms with Crippen LogP contribution in [0.25, 0.3) is 0 Å². The highest BCUT2D eigenvalue weighted by Gasteiger charge is 2.01. The zero-order chi connectivity index (χ0) is 13.2. The van der Waals surface area contributed by atoms with Crippen molar-refractivity contribution in [3.05, 3.63) is 35.9 Å². The van der Waals surface area contributed by atoms with E-state index < -0.39 is 0 Å². The van der Waals surface area contributed by atoms with Crippen LogP contribution in [0.2, 0.25) is 0 Å². The standard InChI is InChI=1S/C14H20N2O2/c15-13(12-8-4-3-5-9-12)10-6-1-2-7-11-14(17)16-18/h3-5,8-9,15,18H,1-2,6-7,10-11H2,(H,16,17). The SMILES string of the molecule is N=C(CCCCCCC(=O)NO)c1ccccc1. The van der Waals surface area contributed by atoms with Crippen molar-refractivity contribution in [2.24, 2.45) is 0 Å². The van der Waals surface area contributed by atoms with E-state index in [9.17, 15) is 4.79 Å². The van der Waals surface area contributed by atoms with E-state index in [0.717, 1.165) is 37.7 Å². The van der Waals surface area contributed by atoms with Gasteiger partial charge in [0.15, 0.2) is 0 Å². The normalized spacial score (nSPS) is 10.1. The summed E-state index contributed by atoms with van der Waals surface area (Å²) in [5.74, 6) is -0.327. The Labute approximate surface area is 107 Å². The van der Waals surface area contributed by atoms with Gasteiger partial charge in [-0.15, -0.1) is 0 Å². The monoisotopic (exact) mass is 248 g/mol. The molecular weight excluding hydrogens is 228 g/mol. The van der Waals surface area contributed by atoms with Crippen molar-refractivity contribution in [3.8, 4) is 0 Å². The third kappa shape index (κ3) is 5.59. The Balaban J connectivity index is 2.08. The molecule has 1 amide bonds. The van der Waals surface area contributed by atoms with Gasteiger partial charge in [-0.3, -0.25) is 10.0 Å². The first-order chi connectivity index (χ1) is 8.74. The van der Waals surface area contributed by atoms with Gasteiger partial charge in [-0.25, -0.2) is 5.48 Å². The number of hydrogen-bond acceptors (Lipinski definition) is 3. The number of hydrogen-bond donors (Lipinski definition) is 3. The van der Waals surface area contributed by atoms with E-state index >= 15 is 0 Å². The van der Waals surface area contributed by atoms with Crippen molar-refractivity contribution >= 4 is 11.6 Å². The number of benzene rings is 1. The lowest BCUT2D eigenvalue weighted by molar-refractivity contribution is -0.129. The molecule has 0 aromatic heterocycles. The Kier molecular flexibility index (Phi) is 6.72. The summed E-state index contributed by atoms with van der Waals surface area (Å²) in [6, 6.07) is 9.74. The fourth-order valence-electron chi connectivity index (χ4n) is 1.78. The largest absolute Gasteiger partial charge is 0.305 e. The summed E-state index contributed by atoms with van der Waals surface area (Å²) in [4.78, 5) is 10.7. The summed E-state index contributed by atoms with van der Waals surface area (Å²) >= 11 is 0. The molecule has 0 saturated heterocycles. The third-order valence-electron chi connectivity index (χ3n) is 2.83. The molecule has 0 unspecified atom stereocenters. The summed E-state index contributed by atoms with van der Waals surface area (Å²) in [6.07, 6.45) is 4.85. The van der Waals surface area contributed by atoms with E-state index in [2.05, 4.69) is 0 Å². The van der Waals surface area contributed by atoms with E-state index in [1.54, 1.807) is 5.48 Å². The fourth-order valence-corrected chi connectivity index (χ4v) is 1.78. The molecule has 0 atom stereocenters. The molecule has 1 aromatic rings. The number of amides is 1. The van der Waals surface area contributed by atoms with Gasteiger partial charge in [0.1, 0.15) is 0 Å². The molecule has 3 N–H and O–H groups in total. The highest BCUT2D eigenvalue weighted by Crippen LogP contribution is 2.09. The molecular formula is C14H20N2O2. The van der Waals surface area contributed by atoms with Crippen molar-refractivity contribution in [1.82, 2.24) is 5.48 Å². The topological polar surface area (TPSA) is 73.2 Å². The Bertz CT molecular complexity index is 377. The average molecular weight is 248 g/mol. The van der Waals surface area contributed by atoms with Gasteiger partial charge in [-0.2, -0.15) is 0 Å². The molecule has 1 aromatic carbocycles. The molecule has 0 spiro atoms. The first-order valence-electron chi connectivity index (χ1n) is 6.30. The lowest BCUT2D eigenvalue weighted by Crippen LogP contribution is -2.17. The van der Waals surface area contributed by atoms with E-state index in [-0.39, 0.29) is 5.91 Å². The number of rotatable bonds is 8. The summed E-state index contributed by atoms with van der Waals surface area (Å²) in [7, 11) is 0. The van der Waals surface area contributed by atoms with E-state index in [1.807, 2.05) is 30.3 Å². The second-order valence-electron chi connectivity index (χ2n) is 4.29.